The molecule has 0 spiro atoms. The molecule has 0 saturated carbocycles. The maximum Gasteiger partial charge on any atom is 0.191 e. The summed E-state index contributed by atoms with van der Waals surface area (Å²) in [6.07, 6.45) is 0. The standard InChI is InChI=1S/C21H29FN4O.HI/c1-5-27-20-9-7-6-8-17(20)14-25-21(23-2)24-13-16-10-11-19(22)18(12-16)15-26(3)4;/h6-12H,5,13-15H2,1-4H3,(H2,23,24,25);1H. The van der Waals surface area contributed by atoms with Crippen LogP contribution in [0, 0.1) is 5.82 Å². The van der Waals surface area contributed by atoms with E-state index in [2.05, 4.69) is 15.6 Å². The van der Waals surface area contributed by atoms with Crippen molar-refractivity contribution < 1.29 is 9.13 Å². The van der Waals surface area contributed by atoms with Gasteiger partial charge in [0, 0.05) is 37.8 Å². The Hall–Kier alpha value is -1.87. The predicted octanol–water partition coefficient (Wildman–Crippen LogP) is 3.77. The summed E-state index contributed by atoms with van der Waals surface area (Å²) in [5, 5.41) is 6.56. The van der Waals surface area contributed by atoms with Crippen molar-refractivity contribution >= 4 is 29.9 Å². The van der Waals surface area contributed by atoms with Crippen molar-refractivity contribution in [3.8, 4) is 5.75 Å². The number of nitrogens with one attached hydrogen (secondary N) is 2. The minimum atomic E-state index is -0.178. The van der Waals surface area contributed by atoms with Crippen LogP contribution in [-0.4, -0.2) is 38.6 Å². The Balaban J connectivity index is 0.00000392. The molecule has 2 aromatic rings. The first-order chi connectivity index (χ1) is 13.0. The van der Waals surface area contributed by atoms with E-state index in [4.69, 9.17) is 4.74 Å². The Morgan fingerprint density at radius 1 is 1.07 bits per heavy atom. The van der Waals surface area contributed by atoms with Crippen LogP contribution in [0.1, 0.15) is 23.6 Å². The van der Waals surface area contributed by atoms with E-state index in [9.17, 15) is 4.39 Å². The molecule has 28 heavy (non-hydrogen) atoms. The molecule has 0 atom stereocenters. The van der Waals surface area contributed by atoms with E-state index in [-0.39, 0.29) is 29.8 Å². The minimum Gasteiger partial charge on any atom is -0.494 e. The summed E-state index contributed by atoms with van der Waals surface area (Å²) in [5.74, 6) is 1.37. The van der Waals surface area contributed by atoms with Gasteiger partial charge in [0.05, 0.1) is 6.61 Å². The van der Waals surface area contributed by atoms with Gasteiger partial charge in [0.15, 0.2) is 5.96 Å². The molecule has 0 unspecified atom stereocenters. The Bertz CT molecular complexity index is 768. The summed E-state index contributed by atoms with van der Waals surface area (Å²) in [4.78, 5) is 6.20. The Kier molecular flexibility index (Phi) is 10.8. The van der Waals surface area contributed by atoms with Crippen LogP contribution in [-0.2, 0) is 19.6 Å². The van der Waals surface area contributed by atoms with Crippen LogP contribution in [0.25, 0.3) is 0 Å². The lowest BCUT2D eigenvalue weighted by Crippen LogP contribution is -2.36. The second kappa shape index (κ2) is 12.6. The highest BCUT2D eigenvalue weighted by atomic mass is 127. The van der Waals surface area contributed by atoms with Crippen LogP contribution in [0.5, 0.6) is 5.75 Å². The van der Waals surface area contributed by atoms with Crippen molar-refractivity contribution in [2.75, 3.05) is 27.7 Å². The summed E-state index contributed by atoms with van der Waals surface area (Å²) in [5.41, 5.74) is 2.76. The molecule has 0 aromatic heterocycles. The van der Waals surface area contributed by atoms with Gasteiger partial charge in [-0.1, -0.05) is 24.3 Å². The molecule has 0 saturated heterocycles. The zero-order valence-corrected chi connectivity index (χ0v) is 19.3. The third-order valence-electron chi connectivity index (χ3n) is 4.00. The maximum absolute atomic E-state index is 13.9. The average molecular weight is 500 g/mol. The number of hydrogen-bond acceptors (Lipinski definition) is 3. The zero-order valence-electron chi connectivity index (χ0n) is 17.0. The molecular formula is C21H30FIN4O. The quantitative estimate of drug-likeness (QED) is 0.329. The fourth-order valence-electron chi connectivity index (χ4n) is 2.73. The van der Waals surface area contributed by atoms with Gasteiger partial charge in [-0.05, 0) is 44.8 Å². The molecule has 0 fully saturated rings. The van der Waals surface area contributed by atoms with Crippen LogP contribution < -0.4 is 15.4 Å². The number of nitrogens with zero attached hydrogens (tertiary/aromatic N) is 2. The van der Waals surface area contributed by atoms with E-state index >= 15 is 0 Å². The Labute approximate surface area is 184 Å². The summed E-state index contributed by atoms with van der Waals surface area (Å²) >= 11 is 0. The number of guanidine groups is 1. The molecule has 7 heteroatoms. The van der Waals surface area contributed by atoms with Crippen LogP contribution in [0.15, 0.2) is 47.5 Å². The van der Waals surface area contributed by atoms with E-state index in [1.54, 1.807) is 13.1 Å². The first kappa shape index (κ1) is 24.2. The van der Waals surface area contributed by atoms with Gasteiger partial charge in [-0.2, -0.15) is 0 Å². The van der Waals surface area contributed by atoms with Crippen molar-refractivity contribution in [3.05, 3.63) is 65.0 Å². The summed E-state index contributed by atoms with van der Waals surface area (Å²) < 4.78 is 19.6. The number of para-hydroxylation sites is 1. The summed E-state index contributed by atoms with van der Waals surface area (Å²) in [7, 11) is 5.58. The lowest BCUT2D eigenvalue weighted by Gasteiger charge is -2.15. The van der Waals surface area contributed by atoms with Crippen LogP contribution in [0.2, 0.25) is 0 Å². The molecule has 0 heterocycles. The Morgan fingerprint density at radius 2 is 1.79 bits per heavy atom. The van der Waals surface area contributed by atoms with Crippen molar-refractivity contribution in [1.29, 1.82) is 0 Å². The zero-order chi connectivity index (χ0) is 19.6. The SMILES string of the molecule is CCOc1ccccc1CNC(=NC)NCc1ccc(F)c(CN(C)C)c1.I. The van der Waals surface area contributed by atoms with E-state index in [0.29, 0.717) is 37.8 Å². The van der Waals surface area contributed by atoms with Gasteiger partial charge in [-0.25, -0.2) is 4.39 Å². The lowest BCUT2D eigenvalue weighted by atomic mass is 10.1. The number of benzene rings is 2. The second-order valence-electron chi connectivity index (χ2n) is 6.48. The second-order valence-corrected chi connectivity index (χ2v) is 6.48. The lowest BCUT2D eigenvalue weighted by molar-refractivity contribution is 0.336. The van der Waals surface area contributed by atoms with Crippen LogP contribution >= 0.6 is 24.0 Å². The number of rotatable bonds is 8. The number of halogens is 2. The van der Waals surface area contributed by atoms with Crippen LogP contribution in [0.3, 0.4) is 0 Å². The van der Waals surface area contributed by atoms with E-state index in [0.717, 1.165) is 16.9 Å². The maximum atomic E-state index is 13.9. The normalized spacial score (nSPS) is 11.1. The number of hydrogen-bond donors (Lipinski definition) is 2. The molecule has 5 nitrogen and oxygen atoms in total. The first-order valence-corrected chi connectivity index (χ1v) is 9.10. The van der Waals surface area contributed by atoms with Crippen molar-refractivity contribution in [1.82, 2.24) is 15.5 Å². The molecular weight excluding hydrogens is 470 g/mol. The van der Waals surface area contributed by atoms with Gasteiger partial charge in [-0.3, -0.25) is 4.99 Å². The minimum absolute atomic E-state index is 0. The highest BCUT2D eigenvalue weighted by molar-refractivity contribution is 14.0. The average Bonchev–Trinajstić information content (AvgIpc) is 2.65. The van der Waals surface area contributed by atoms with Gasteiger partial charge < -0.3 is 20.3 Å². The van der Waals surface area contributed by atoms with Crippen molar-refractivity contribution in [3.63, 3.8) is 0 Å². The van der Waals surface area contributed by atoms with Gasteiger partial charge in [0.25, 0.3) is 0 Å². The smallest absolute Gasteiger partial charge is 0.191 e. The summed E-state index contributed by atoms with van der Waals surface area (Å²) in [6, 6.07) is 13.1. The largest absolute Gasteiger partial charge is 0.494 e. The van der Waals surface area contributed by atoms with Gasteiger partial charge in [0.2, 0.25) is 0 Å². The van der Waals surface area contributed by atoms with Gasteiger partial charge in [0.1, 0.15) is 11.6 Å². The first-order valence-electron chi connectivity index (χ1n) is 9.10. The van der Waals surface area contributed by atoms with Crippen molar-refractivity contribution in [2.45, 2.75) is 26.6 Å². The molecule has 154 valence electrons. The number of aliphatic imine (C=N–C) groups is 1. The molecule has 0 aliphatic carbocycles. The monoisotopic (exact) mass is 500 g/mol. The molecule has 0 bridgehead atoms. The topological polar surface area (TPSA) is 48.9 Å². The molecule has 2 aromatic carbocycles. The Morgan fingerprint density at radius 3 is 2.46 bits per heavy atom. The molecule has 0 aliphatic rings. The molecule has 2 rings (SSSR count). The summed E-state index contributed by atoms with van der Waals surface area (Å²) in [6.45, 7) is 4.33. The van der Waals surface area contributed by atoms with Gasteiger partial charge in [-0.15, -0.1) is 24.0 Å². The molecule has 0 aliphatic heterocycles. The fraction of sp³-hybridized carbons (Fsp3) is 0.381. The van der Waals surface area contributed by atoms with Gasteiger partial charge >= 0.3 is 0 Å². The molecule has 0 radical (unpaired) electrons. The molecule has 0 amide bonds. The van der Waals surface area contributed by atoms with E-state index in [1.807, 2.05) is 56.3 Å². The van der Waals surface area contributed by atoms with Crippen LogP contribution in [0.4, 0.5) is 4.39 Å². The third-order valence-corrected chi connectivity index (χ3v) is 4.00. The molecule has 2 N–H and O–H groups in total. The highest BCUT2D eigenvalue weighted by Crippen LogP contribution is 2.17. The van der Waals surface area contributed by atoms with E-state index < -0.39 is 0 Å². The van der Waals surface area contributed by atoms with E-state index in [1.165, 1.54) is 6.07 Å². The fourth-order valence-corrected chi connectivity index (χ4v) is 2.73. The van der Waals surface area contributed by atoms with Crippen molar-refractivity contribution in [2.24, 2.45) is 4.99 Å². The highest BCUT2D eigenvalue weighted by Gasteiger charge is 2.07. The third kappa shape index (κ3) is 7.63. The number of ether oxygens (including phenoxy) is 1. The predicted molar refractivity (Wildman–Crippen MR) is 124 cm³/mol.